The number of imidazole rings is 1. The average molecular weight is 348 g/mol. The molecule has 25 heavy (non-hydrogen) atoms. The van der Waals surface area contributed by atoms with Gasteiger partial charge in [0.05, 0.1) is 6.54 Å². The van der Waals surface area contributed by atoms with E-state index in [9.17, 15) is 4.79 Å². The first-order chi connectivity index (χ1) is 11.8. The van der Waals surface area contributed by atoms with Gasteiger partial charge in [0.2, 0.25) is 0 Å². The van der Waals surface area contributed by atoms with E-state index >= 15 is 0 Å². The second-order valence-corrected chi connectivity index (χ2v) is 5.52. The number of carboxylic acid groups (broad SMARTS) is 1. The van der Waals surface area contributed by atoms with Gasteiger partial charge in [-0.25, -0.2) is 19.7 Å². The van der Waals surface area contributed by atoms with Crippen molar-refractivity contribution < 1.29 is 14.7 Å². The summed E-state index contributed by atoms with van der Waals surface area (Å²) in [6.07, 6.45) is 2.36. The van der Waals surface area contributed by atoms with E-state index in [-0.39, 0.29) is 12.5 Å². The van der Waals surface area contributed by atoms with Crippen LogP contribution in [0.5, 0.6) is 0 Å². The molecule has 2 rings (SSSR count). The van der Waals surface area contributed by atoms with Crippen molar-refractivity contribution >= 4 is 12.5 Å². The van der Waals surface area contributed by atoms with Crippen LogP contribution in [0.4, 0.5) is 4.79 Å². The molecule has 2 amide bonds. The Morgan fingerprint density at radius 2 is 1.92 bits per heavy atom. The molecule has 0 aliphatic rings. The van der Waals surface area contributed by atoms with Gasteiger partial charge in [-0.15, -0.1) is 0 Å². The van der Waals surface area contributed by atoms with Gasteiger partial charge in [-0.1, -0.05) is 0 Å². The van der Waals surface area contributed by atoms with Gasteiger partial charge in [0.25, 0.3) is 6.47 Å². The lowest BCUT2D eigenvalue weighted by Crippen LogP contribution is -2.38. The number of aromatic amines is 1. The van der Waals surface area contributed by atoms with Gasteiger partial charge >= 0.3 is 6.03 Å². The number of aryl methyl sites for hydroxylation is 3. The number of hydrogen-bond donors (Lipinski definition) is 3. The SMILES string of the molecule is Cc1cc(C)nc(CCNC(=O)N(C)Cc2ncc(C)[nH]2)n1.O=CO. The summed E-state index contributed by atoms with van der Waals surface area (Å²) in [5.74, 6) is 1.52. The normalized spacial score (nSPS) is 9.76. The molecule has 0 bridgehead atoms. The molecule has 0 fully saturated rings. The molecule has 0 saturated carbocycles. The van der Waals surface area contributed by atoms with Crippen LogP contribution >= 0.6 is 0 Å². The zero-order valence-electron chi connectivity index (χ0n) is 14.9. The molecule has 2 aromatic rings. The minimum Gasteiger partial charge on any atom is -0.483 e. The molecule has 0 radical (unpaired) electrons. The molecule has 0 aliphatic carbocycles. The van der Waals surface area contributed by atoms with E-state index in [0.717, 1.165) is 28.7 Å². The highest BCUT2D eigenvalue weighted by Gasteiger charge is 2.10. The van der Waals surface area contributed by atoms with E-state index in [1.165, 1.54) is 0 Å². The molecular formula is C16H24N6O3. The molecular weight excluding hydrogens is 324 g/mol. The van der Waals surface area contributed by atoms with E-state index in [4.69, 9.17) is 9.90 Å². The first-order valence-electron chi connectivity index (χ1n) is 7.74. The fourth-order valence-corrected chi connectivity index (χ4v) is 2.17. The highest BCUT2D eigenvalue weighted by atomic mass is 16.3. The van der Waals surface area contributed by atoms with Crippen molar-refractivity contribution in [2.24, 2.45) is 0 Å². The lowest BCUT2D eigenvalue weighted by molar-refractivity contribution is -0.122. The highest BCUT2D eigenvalue weighted by molar-refractivity contribution is 5.73. The molecule has 2 heterocycles. The van der Waals surface area contributed by atoms with Gasteiger partial charge in [0, 0.05) is 43.3 Å². The van der Waals surface area contributed by atoms with Gasteiger partial charge in [0.1, 0.15) is 11.6 Å². The smallest absolute Gasteiger partial charge is 0.317 e. The standard InChI is InChI=1S/C15H22N6O.CH2O2/c1-10-7-11(2)19-13(18-10)5-6-16-15(22)21(4)9-14-17-8-12(3)20-14;2-1-3/h7-8H,5-6,9H2,1-4H3,(H,16,22)(H,17,20);1H,(H,2,3). The average Bonchev–Trinajstić information content (AvgIpc) is 2.92. The van der Waals surface area contributed by atoms with Crippen molar-refractivity contribution in [1.82, 2.24) is 30.2 Å². The van der Waals surface area contributed by atoms with Gasteiger partial charge in [0.15, 0.2) is 0 Å². The maximum absolute atomic E-state index is 12.0. The molecule has 0 spiro atoms. The first-order valence-corrected chi connectivity index (χ1v) is 7.74. The number of amides is 2. The number of carbonyl (C=O) groups excluding carboxylic acids is 1. The maximum atomic E-state index is 12.0. The minimum absolute atomic E-state index is 0.140. The summed E-state index contributed by atoms with van der Waals surface area (Å²) in [5.41, 5.74) is 2.87. The Labute approximate surface area is 146 Å². The topological polar surface area (TPSA) is 124 Å². The number of hydrogen-bond acceptors (Lipinski definition) is 5. The van der Waals surface area contributed by atoms with Crippen LogP contribution < -0.4 is 5.32 Å². The van der Waals surface area contributed by atoms with Crippen LogP contribution in [-0.2, 0) is 17.8 Å². The van der Waals surface area contributed by atoms with Crippen LogP contribution in [-0.4, -0.2) is 56.0 Å². The van der Waals surface area contributed by atoms with E-state index in [1.54, 1.807) is 18.1 Å². The van der Waals surface area contributed by atoms with Crippen molar-refractivity contribution in [3.63, 3.8) is 0 Å². The summed E-state index contributed by atoms with van der Waals surface area (Å²) >= 11 is 0. The molecule has 9 nitrogen and oxygen atoms in total. The first kappa shape index (κ1) is 20.1. The third kappa shape index (κ3) is 7.42. The summed E-state index contributed by atoms with van der Waals surface area (Å²) in [7, 11) is 1.74. The summed E-state index contributed by atoms with van der Waals surface area (Å²) in [4.78, 5) is 38.0. The Kier molecular flexibility index (Phi) is 8.04. The van der Waals surface area contributed by atoms with Crippen LogP contribution in [0.2, 0.25) is 0 Å². The number of urea groups is 1. The van der Waals surface area contributed by atoms with Gasteiger partial charge in [-0.2, -0.15) is 0 Å². The van der Waals surface area contributed by atoms with Crippen molar-refractivity contribution in [3.8, 4) is 0 Å². The molecule has 2 aromatic heterocycles. The molecule has 0 atom stereocenters. The zero-order chi connectivity index (χ0) is 18.8. The fraction of sp³-hybridized carbons (Fsp3) is 0.438. The summed E-state index contributed by atoms with van der Waals surface area (Å²) < 4.78 is 0. The van der Waals surface area contributed by atoms with E-state index in [2.05, 4.69) is 25.3 Å². The quantitative estimate of drug-likeness (QED) is 0.698. The lowest BCUT2D eigenvalue weighted by atomic mass is 10.3. The number of carbonyl (C=O) groups is 2. The van der Waals surface area contributed by atoms with Crippen LogP contribution in [0.3, 0.4) is 0 Å². The second kappa shape index (κ2) is 10.0. The van der Waals surface area contributed by atoms with Crippen LogP contribution in [0.15, 0.2) is 12.3 Å². The van der Waals surface area contributed by atoms with Gasteiger partial charge in [-0.3, -0.25) is 4.79 Å². The molecule has 0 aromatic carbocycles. The largest absolute Gasteiger partial charge is 0.483 e. The van der Waals surface area contributed by atoms with Crippen LogP contribution in [0.1, 0.15) is 28.7 Å². The summed E-state index contributed by atoms with van der Waals surface area (Å²) in [6.45, 7) is 6.51. The number of H-pyrrole nitrogens is 1. The van der Waals surface area contributed by atoms with E-state index in [0.29, 0.717) is 19.5 Å². The Morgan fingerprint density at radius 1 is 1.32 bits per heavy atom. The van der Waals surface area contributed by atoms with Crippen molar-refractivity contribution in [2.45, 2.75) is 33.7 Å². The summed E-state index contributed by atoms with van der Waals surface area (Å²) in [6, 6.07) is 1.79. The van der Waals surface area contributed by atoms with Gasteiger partial charge in [-0.05, 0) is 26.8 Å². The van der Waals surface area contributed by atoms with Crippen LogP contribution in [0.25, 0.3) is 0 Å². The Balaban J connectivity index is 0.000000970. The molecule has 3 N–H and O–H groups in total. The monoisotopic (exact) mass is 348 g/mol. The Morgan fingerprint density at radius 3 is 2.44 bits per heavy atom. The van der Waals surface area contributed by atoms with Gasteiger partial charge < -0.3 is 20.3 Å². The third-order valence-electron chi connectivity index (χ3n) is 3.14. The third-order valence-corrected chi connectivity index (χ3v) is 3.14. The molecule has 0 unspecified atom stereocenters. The Hall–Kier alpha value is -2.97. The molecule has 9 heteroatoms. The second-order valence-electron chi connectivity index (χ2n) is 5.52. The Bertz CT molecular complexity index is 681. The lowest BCUT2D eigenvalue weighted by Gasteiger charge is -2.16. The number of nitrogens with one attached hydrogen (secondary N) is 2. The highest BCUT2D eigenvalue weighted by Crippen LogP contribution is 2.01. The number of aromatic nitrogens is 4. The van der Waals surface area contributed by atoms with Crippen molar-refractivity contribution in [2.75, 3.05) is 13.6 Å². The molecule has 136 valence electrons. The fourth-order valence-electron chi connectivity index (χ4n) is 2.17. The zero-order valence-corrected chi connectivity index (χ0v) is 14.9. The van der Waals surface area contributed by atoms with Crippen molar-refractivity contribution in [3.05, 3.63) is 41.0 Å². The number of rotatable bonds is 5. The maximum Gasteiger partial charge on any atom is 0.317 e. The van der Waals surface area contributed by atoms with E-state index < -0.39 is 0 Å². The molecule has 0 aliphatic heterocycles. The number of nitrogens with zero attached hydrogens (tertiary/aromatic N) is 4. The van der Waals surface area contributed by atoms with E-state index in [1.807, 2.05) is 26.8 Å². The molecule has 0 saturated heterocycles. The summed E-state index contributed by atoms with van der Waals surface area (Å²) in [5, 5.41) is 9.75. The van der Waals surface area contributed by atoms with Crippen molar-refractivity contribution in [1.29, 1.82) is 0 Å². The minimum atomic E-state index is -0.250. The predicted molar refractivity (Wildman–Crippen MR) is 92.1 cm³/mol. The predicted octanol–water partition coefficient (Wildman–Crippen LogP) is 1.21. The van der Waals surface area contributed by atoms with Crippen LogP contribution in [0, 0.1) is 20.8 Å².